The zero-order valence-corrected chi connectivity index (χ0v) is 16.2. The van der Waals surface area contributed by atoms with Gasteiger partial charge in [-0.25, -0.2) is 18.7 Å². The Morgan fingerprint density at radius 3 is 2.32 bits per heavy atom. The van der Waals surface area contributed by atoms with Gasteiger partial charge in [-0.15, -0.1) is 0 Å². The van der Waals surface area contributed by atoms with E-state index < -0.39 is 29.0 Å². The normalized spacial score (nSPS) is 19.8. The lowest BCUT2D eigenvalue weighted by Gasteiger charge is -2.28. The number of alkyl halides is 2. The maximum Gasteiger partial charge on any atom is 0.387 e. The van der Waals surface area contributed by atoms with Crippen LogP contribution in [0.1, 0.15) is 56.9 Å². The average molecular weight is 417 g/mol. The van der Waals surface area contributed by atoms with Crippen molar-refractivity contribution >= 4 is 11.6 Å². The molecule has 0 aliphatic heterocycles. The Hall–Kier alpha value is -1.89. The van der Waals surface area contributed by atoms with E-state index in [4.69, 9.17) is 11.6 Å². The monoisotopic (exact) mass is 416 g/mol. The van der Waals surface area contributed by atoms with Crippen molar-refractivity contribution in [3.8, 4) is 17.1 Å². The lowest BCUT2D eigenvalue weighted by molar-refractivity contribution is -0.0499. The lowest BCUT2D eigenvalue weighted by Crippen LogP contribution is -2.13. The summed E-state index contributed by atoms with van der Waals surface area (Å²) >= 11 is 5.55. The number of benzene rings is 1. The number of nitrogens with zero attached hydrogens (tertiary/aromatic N) is 2. The molecule has 0 bridgehead atoms. The van der Waals surface area contributed by atoms with E-state index in [1.165, 1.54) is 12.8 Å². The van der Waals surface area contributed by atoms with Crippen LogP contribution in [0.2, 0.25) is 5.02 Å². The molecule has 8 heteroatoms. The topological polar surface area (TPSA) is 35.0 Å². The van der Waals surface area contributed by atoms with E-state index in [0.717, 1.165) is 43.2 Å². The van der Waals surface area contributed by atoms with E-state index >= 15 is 0 Å². The Morgan fingerprint density at radius 2 is 1.75 bits per heavy atom. The summed E-state index contributed by atoms with van der Waals surface area (Å²) in [4.78, 5) is 8.25. The Kier molecular flexibility index (Phi) is 6.75. The molecule has 28 heavy (non-hydrogen) atoms. The maximum atomic E-state index is 14.3. The molecular formula is C20H21ClF4N2O. The SMILES string of the molecule is CCCC1CCC(c2cnc(-c3cc(OC(F)F)c(Cl)c(F)c3F)nc2)CC1. The third-order valence-electron chi connectivity index (χ3n) is 5.26. The summed E-state index contributed by atoms with van der Waals surface area (Å²) in [5, 5.41) is -0.845. The summed E-state index contributed by atoms with van der Waals surface area (Å²) in [7, 11) is 0. The van der Waals surface area contributed by atoms with Crippen LogP contribution in [-0.2, 0) is 0 Å². The molecular weight excluding hydrogens is 396 g/mol. The van der Waals surface area contributed by atoms with Crippen molar-refractivity contribution in [2.75, 3.05) is 0 Å². The minimum Gasteiger partial charge on any atom is -0.433 e. The molecule has 0 saturated heterocycles. The number of hydrogen-bond donors (Lipinski definition) is 0. The van der Waals surface area contributed by atoms with E-state index in [1.807, 2.05) is 0 Å². The van der Waals surface area contributed by atoms with Gasteiger partial charge in [-0.3, -0.25) is 0 Å². The fourth-order valence-electron chi connectivity index (χ4n) is 3.81. The molecule has 3 nitrogen and oxygen atoms in total. The van der Waals surface area contributed by atoms with Gasteiger partial charge in [0.25, 0.3) is 0 Å². The van der Waals surface area contributed by atoms with E-state index in [0.29, 0.717) is 5.92 Å². The van der Waals surface area contributed by atoms with E-state index in [-0.39, 0.29) is 11.4 Å². The van der Waals surface area contributed by atoms with Crippen LogP contribution in [0.5, 0.6) is 5.75 Å². The highest BCUT2D eigenvalue weighted by atomic mass is 35.5. The second-order valence-electron chi connectivity index (χ2n) is 7.09. The molecule has 1 aliphatic carbocycles. The van der Waals surface area contributed by atoms with Crippen LogP contribution in [0.4, 0.5) is 17.6 Å². The summed E-state index contributed by atoms with van der Waals surface area (Å²) in [6, 6.07) is 0.887. The molecule has 1 aromatic heterocycles. The van der Waals surface area contributed by atoms with Crippen LogP contribution < -0.4 is 4.74 Å². The van der Waals surface area contributed by atoms with Crippen LogP contribution in [0, 0.1) is 17.6 Å². The fourth-order valence-corrected chi connectivity index (χ4v) is 3.99. The first-order valence-electron chi connectivity index (χ1n) is 9.35. The Labute approximate surface area is 166 Å². The second-order valence-corrected chi connectivity index (χ2v) is 7.47. The molecule has 0 spiro atoms. The van der Waals surface area contributed by atoms with Crippen LogP contribution in [0.25, 0.3) is 11.4 Å². The standard InChI is InChI=1S/C20H21ClF4N2O/c1-2-3-11-4-6-12(7-5-11)13-9-26-19(27-10-13)14-8-15(28-20(24)25)16(21)18(23)17(14)22/h8-12,20H,2-7H2,1H3. The third-order valence-corrected chi connectivity index (χ3v) is 5.61. The van der Waals surface area contributed by atoms with Crippen molar-refractivity contribution in [2.24, 2.45) is 5.92 Å². The highest BCUT2D eigenvalue weighted by Gasteiger charge is 2.24. The van der Waals surface area contributed by atoms with E-state index in [9.17, 15) is 17.6 Å². The zero-order chi connectivity index (χ0) is 20.3. The van der Waals surface area contributed by atoms with Gasteiger partial charge in [-0.05, 0) is 49.1 Å². The molecule has 2 aromatic rings. The fraction of sp³-hybridized carbons (Fsp3) is 0.500. The van der Waals surface area contributed by atoms with Gasteiger partial charge < -0.3 is 4.74 Å². The zero-order valence-electron chi connectivity index (χ0n) is 15.4. The van der Waals surface area contributed by atoms with Crippen molar-refractivity contribution < 1.29 is 22.3 Å². The molecule has 1 aliphatic rings. The first-order chi connectivity index (χ1) is 13.4. The third kappa shape index (κ3) is 4.57. The van der Waals surface area contributed by atoms with Gasteiger partial charge in [0.05, 0.1) is 5.56 Å². The van der Waals surface area contributed by atoms with Crippen LogP contribution in [0.3, 0.4) is 0 Å². The highest BCUT2D eigenvalue weighted by molar-refractivity contribution is 6.32. The molecule has 0 radical (unpaired) electrons. The molecule has 0 unspecified atom stereocenters. The smallest absolute Gasteiger partial charge is 0.387 e. The molecule has 0 atom stereocenters. The van der Waals surface area contributed by atoms with Crippen LogP contribution >= 0.6 is 11.6 Å². The molecule has 3 rings (SSSR count). The Bertz CT molecular complexity index is 809. The summed E-state index contributed by atoms with van der Waals surface area (Å²) in [6.07, 6.45) is 10.0. The van der Waals surface area contributed by atoms with E-state index in [2.05, 4.69) is 21.6 Å². The van der Waals surface area contributed by atoms with Gasteiger partial charge in [0.2, 0.25) is 0 Å². The minimum atomic E-state index is -3.22. The number of ether oxygens (including phenoxy) is 1. The molecule has 152 valence electrons. The van der Waals surface area contributed by atoms with Crippen molar-refractivity contribution in [2.45, 2.75) is 58.0 Å². The number of halogens is 5. The van der Waals surface area contributed by atoms with E-state index in [1.54, 1.807) is 12.4 Å². The van der Waals surface area contributed by atoms with Crippen molar-refractivity contribution in [1.29, 1.82) is 0 Å². The highest BCUT2D eigenvalue weighted by Crippen LogP contribution is 2.38. The van der Waals surface area contributed by atoms with Crippen molar-refractivity contribution in [3.05, 3.63) is 40.7 Å². The summed E-state index contributed by atoms with van der Waals surface area (Å²) in [5.74, 6) is -2.45. The van der Waals surface area contributed by atoms with Gasteiger partial charge >= 0.3 is 6.61 Å². The van der Waals surface area contributed by atoms with Gasteiger partial charge in [0.1, 0.15) is 10.8 Å². The molecule has 1 aromatic carbocycles. The second kappa shape index (κ2) is 9.07. The van der Waals surface area contributed by atoms with Gasteiger partial charge in [0, 0.05) is 12.4 Å². The number of aromatic nitrogens is 2. The summed E-state index contributed by atoms with van der Waals surface area (Å²) in [6.45, 7) is -1.03. The average Bonchev–Trinajstić information content (AvgIpc) is 2.69. The molecule has 1 heterocycles. The van der Waals surface area contributed by atoms with Crippen LogP contribution in [-0.4, -0.2) is 16.6 Å². The number of hydrogen-bond acceptors (Lipinski definition) is 3. The van der Waals surface area contributed by atoms with Gasteiger partial charge in [0.15, 0.2) is 17.5 Å². The molecule has 1 fully saturated rings. The Balaban J connectivity index is 1.81. The van der Waals surface area contributed by atoms with Crippen LogP contribution in [0.15, 0.2) is 18.5 Å². The largest absolute Gasteiger partial charge is 0.433 e. The quantitative estimate of drug-likeness (QED) is 0.386. The molecule has 1 saturated carbocycles. The predicted octanol–water partition coefficient (Wildman–Crippen LogP) is 6.75. The predicted molar refractivity (Wildman–Crippen MR) is 98.6 cm³/mol. The molecule has 0 amide bonds. The maximum absolute atomic E-state index is 14.3. The summed E-state index contributed by atoms with van der Waals surface area (Å²) in [5.41, 5.74) is 0.563. The lowest BCUT2D eigenvalue weighted by atomic mass is 9.78. The first kappa shape index (κ1) is 20.8. The minimum absolute atomic E-state index is 0.115. The Morgan fingerprint density at radius 1 is 1.11 bits per heavy atom. The first-order valence-corrected chi connectivity index (χ1v) is 9.73. The molecule has 0 N–H and O–H groups in total. The van der Waals surface area contributed by atoms with Crippen molar-refractivity contribution in [3.63, 3.8) is 0 Å². The van der Waals surface area contributed by atoms with Crippen molar-refractivity contribution in [1.82, 2.24) is 9.97 Å². The summed E-state index contributed by atoms with van der Waals surface area (Å²) < 4.78 is 57.3. The van der Waals surface area contributed by atoms with Gasteiger partial charge in [-0.2, -0.15) is 8.78 Å². The number of rotatable bonds is 6. The van der Waals surface area contributed by atoms with Gasteiger partial charge in [-0.1, -0.05) is 31.4 Å².